The van der Waals surface area contributed by atoms with Gasteiger partial charge in [0.1, 0.15) is 6.61 Å². The minimum atomic E-state index is -0.527. The van der Waals surface area contributed by atoms with Crippen LogP contribution in [0.5, 0.6) is 0 Å². The Kier molecular flexibility index (Phi) is 7.88. The van der Waals surface area contributed by atoms with Crippen LogP contribution in [-0.2, 0) is 27.2 Å². The molecule has 0 radical (unpaired) electrons. The number of hydrogen-bond donors (Lipinski definition) is 1. The van der Waals surface area contributed by atoms with Crippen LogP contribution in [0.15, 0.2) is 72.9 Å². The molecule has 1 aliphatic carbocycles. The highest BCUT2D eigenvalue weighted by atomic mass is 16.5. The van der Waals surface area contributed by atoms with Gasteiger partial charge in [0.15, 0.2) is 5.69 Å². The quantitative estimate of drug-likeness (QED) is 0.230. The van der Waals surface area contributed by atoms with Crippen LogP contribution in [0.4, 0.5) is 16.2 Å². The highest BCUT2D eigenvalue weighted by Crippen LogP contribution is 2.46. The molecule has 4 aromatic rings. The van der Waals surface area contributed by atoms with E-state index in [1.165, 1.54) is 0 Å². The van der Waals surface area contributed by atoms with E-state index in [0.29, 0.717) is 31.0 Å². The van der Waals surface area contributed by atoms with Gasteiger partial charge in [-0.1, -0.05) is 48.5 Å². The third kappa shape index (κ3) is 5.45. The van der Waals surface area contributed by atoms with Gasteiger partial charge in [0, 0.05) is 42.6 Å². The van der Waals surface area contributed by atoms with Crippen LogP contribution in [0.25, 0.3) is 22.3 Å². The molecule has 214 valence electrons. The van der Waals surface area contributed by atoms with Crippen LogP contribution in [0, 0.1) is 6.92 Å². The van der Waals surface area contributed by atoms with E-state index in [0.717, 1.165) is 63.3 Å². The molecule has 3 aromatic carbocycles. The number of aromatic nitrogens is 1. The van der Waals surface area contributed by atoms with Crippen LogP contribution >= 0.6 is 0 Å². The van der Waals surface area contributed by atoms with Gasteiger partial charge in [-0.05, 0) is 71.0 Å². The monoisotopic (exact) mass is 563 g/mol. The standard InChI is InChI=1S/C34H33N3O5/c1-3-41-33(38)32-28-19-24-18-25(37-14-16-40-17-15-37)12-13-27(24)31(28)29(20-35-32)26-10-7-11-30(22(26)2)36-34(39)42-21-23-8-5-4-6-9-23/h4-13,18,20H,3,14-17,19,21H2,1-2H3,(H,36,39). The highest BCUT2D eigenvalue weighted by molar-refractivity contribution is 5.99. The maximum absolute atomic E-state index is 13.0. The maximum Gasteiger partial charge on any atom is 0.411 e. The zero-order valence-corrected chi connectivity index (χ0v) is 23.8. The number of nitrogens with zero attached hydrogens (tertiary/aromatic N) is 2. The second-order valence-corrected chi connectivity index (χ2v) is 10.4. The topological polar surface area (TPSA) is 90.0 Å². The minimum Gasteiger partial charge on any atom is -0.461 e. The average molecular weight is 564 g/mol. The first-order chi connectivity index (χ1) is 20.5. The van der Waals surface area contributed by atoms with E-state index < -0.39 is 12.1 Å². The minimum absolute atomic E-state index is 0.182. The van der Waals surface area contributed by atoms with Crippen LogP contribution in [-0.4, -0.2) is 50.0 Å². The number of fused-ring (bicyclic) bond motifs is 3. The lowest BCUT2D eigenvalue weighted by molar-refractivity contribution is 0.0518. The molecule has 8 nitrogen and oxygen atoms in total. The number of pyridine rings is 1. The first-order valence-electron chi connectivity index (χ1n) is 14.3. The summed E-state index contributed by atoms with van der Waals surface area (Å²) in [6.45, 7) is 7.33. The Labute approximate surface area is 245 Å². The van der Waals surface area contributed by atoms with Gasteiger partial charge < -0.3 is 19.1 Å². The van der Waals surface area contributed by atoms with Gasteiger partial charge in [-0.2, -0.15) is 0 Å². The Hall–Kier alpha value is -4.69. The molecule has 42 heavy (non-hydrogen) atoms. The molecule has 0 atom stereocenters. The summed E-state index contributed by atoms with van der Waals surface area (Å²) in [5.41, 5.74) is 9.80. The lowest BCUT2D eigenvalue weighted by Gasteiger charge is -2.29. The molecule has 1 saturated heterocycles. The molecular formula is C34H33N3O5. The third-order valence-electron chi connectivity index (χ3n) is 7.82. The van der Waals surface area contributed by atoms with Crippen LogP contribution in [0.3, 0.4) is 0 Å². The van der Waals surface area contributed by atoms with Crippen molar-refractivity contribution in [3.05, 3.63) is 101 Å². The largest absolute Gasteiger partial charge is 0.461 e. The van der Waals surface area contributed by atoms with Gasteiger partial charge in [0.2, 0.25) is 0 Å². The third-order valence-corrected chi connectivity index (χ3v) is 7.82. The van der Waals surface area contributed by atoms with Crippen molar-refractivity contribution in [3.8, 4) is 22.3 Å². The SMILES string of the molecule is CCOC(=O)c1ncc(-c2cccc(NC(=O)OCc3ccccc3)c2C)c2c1Cc1cc(N3CCOCC3)ccc1-2. The van der Waals surface area contributed by atoms with Crippen LogP contribution in [0.2, 0.25) is 0 Å². The lowest BCUT2D eigenvalue weighted by atomic mass is 9.92. The average Bonchev–Trinajstić information content (AvgIpc) is 3.41. The Morgan fingerprint density at radius 1 is 0.952 bits per heavy atom. The molecule has 0 unspecified atom stereocenters. The normalized spacial score (nSPS) is 13.7. The van der Waals surface area contributed by atoms with Crippen molar-refractivity contribution < 1.29 is 23.8 Å². The van der Waals surface area contributed by atoms with E-state index in [1.807, 2.05) is 55.5 Å². The number of morpholine rings is 1. The van der Waals surface area contributed by atoms with Crippen molar-refractivity contribution in [2.24, 2.45) is 0 Å². The Balaban J connectivity index is 1.35. The number of hydrogen-bond acceptors (Lipinski definition) is 7. The predicted octanol–water partition coefficient (Wildman–Crippen LogP) is 6.39. The molecule has 1 aromatic heterocycles. The molecule has 1 fully saturated rings. The number of rotatable bonds is 7. The van der Waals surface area contributed by atoms with Crippen molar-refractivity contribution in [1.82, 2.24) is 4.98 Å². The first-order valence-corrected chi connectivity index (χ1v) is 14.3. The smallest absolute Gasteiger partial charge is 0.411 e. The summed E-state index contributed by atoms with van der Waals surface area (Å²) in [6, 6.07) is 21.8. The number of carbonyl (C=O) groups is 2. The van der Waals surface area contributed by atoms with Gasteiger partial charge in [-0.3, -0.25) is 5.32 Å². The second-order valence-electron chi connectivity index (χ2n) is 10.4. The van der Waals surface area contributed by atoms with Gasteiger partial charge in [0.05, 0.1) is 19.8 Å². The Morgan fingerprint density at radius 2 is 1.76 bits per heavy atom. The zero-order chi connectivity index (χ0) is 29.1. The zero-order valence-electron chi connectivity index (χ0n) is 23.8. The van der Waals surface area contributed by atoms with E-state index in [2.05, 4.69) is 33.4 Å². The predicted molar refractivity (Wildman–Crippen MR) is 162 cm³/mol. The fourth-order valence-corrected chi connectivity index (χ4v) is 5.72. The number of nitrogens with one attached hydrogen (secondary N) is 1. The van der Waals surface area contributed by atoms with E-state index in [4.69, 9.17) is 14.2 Å². The van der Waals surface area contributed by atoms with Crippen molar-refractivity contribution in [2.75, 3.05) is 43.1 Å². The summed E-state index contributed by atoms with van der Waals surface area (Å²) in [7, 11) is 0. The fraction of sp³-hybridized carbons (Fsp3) is 0.265. The second kappa shape index (κ2) is 12.0. The van der Waals surface area contributed by atoms with E-state index in [1.54, 1.807) is 13.1 Å². The van der Waals surface area contributed by atoms with Crippen molar-refractivity contribution in [3.63, 3.8) is 0 Å². The van der Waals surface area contributed by atoms with Gasteiger partial charge in [-0.15, -0.1) is 0 Å². The molecule has 2 heterocycles. The molecule has 1 amide bonds. The van der Waals surface area contributed by atoms with Crippen molar-refractivity contribution in [2.45, 2.75) is 26.9 Å². The number of anilines is 2. The highest BCUT2D eigenvalue weighted by Gasteiger charge is 2.30. The van der Waals surface area contributed by atoms with E-state index in [9.17, 15) is 9.59 Å². The first kappa shape index (κ1) is 27.5. The summed E-state index contributed by atoms with van der Waals surface area (Å²) in [5.74, 6) is -0.421. The molecular weight excluding hydrogens is 530 g/mol. The molecule has 1 N–H and O–H groups in total. The summed E-state index contributed by atoms with van der Waals surface area (Å²) in [5, 5.41) is 2.90. The van der Waals surface area contributed by atoms with Gasteiger partial charge in [-0.25, -0.2) is 14.6 Å². The Bertz CT molecular complexity index is 1630. The number of ether oxygens (including phenoxy) is 3. The molecule has 0 saturated carbocycles. The van der Waals surface area contributed by atoms with Gasteiger partial charge >= 0.3 is 12.1 Å². The van der Waals surface area contributed by atoms with Crippen molar-refractivity contribution >= 4 is 23.4 Å². The molecule has 1 aliphatic heterocycles. The van der Waals surface area contributed by atoms with Gasteiger partial charge in [0.25, 0.3) is 0 Å². The molecule has 0 spiro atoms. The maximum atomic E-state index is 13.0. The number of benzene rings is 3. The fourth-order valence-electron chi connectivity index (χ4n) is 5.72. The number of carbonyl (C=O) groups excluding carboxylic acids is 2. The van der Waals surface area contributed by atoms with Crippen LogP contribution in [0.1, 0.15) is 39.7 Å². The molecule has 2 aliphatic rings. The lowest BCUT2D eigenvalue weighted by Crippen LogP contribution is -2.36. The number of amides is 1. The van der Waals surface area contributed by atoms with E-state index >= 15 is 0 Å². The molecule has 0 bridgehead atoms. The Morgan fingerprint density at radius 3 is 2.55 bits per heavy atom. The molecule has 6 rings (SSSR count). The van der Waals surface area contributed by atoms with E-state index in [-0.39, 0.29) is 13.2 Å². The summed E-state index contributed by atoms with van der Waals surface area (Å²) < 4.78 is 16.4. The van der Waals surface area contributed by atoms with Crippen LogP contribution < -0.4 is 10.2 Å². The summed E-state index contributed by atoms with van der Waals surface area (Å²) in [6.07, 6.45) is 1.80. The molecule has 8 heteroatoms. The number of esters is 1. The summed E-state index contributed by atoms with van der Waals surface area (Å²) in [4.78, 5) is 32.6. The van der Waals surface area contributed by atoms with Crippen molar-refractivity contribution in [1.29, 1.82) is 0 Å². The summed E-state index contributed by atoms with van der Waals surface area (Å²) >= 11 is 0.